The second-order valence-electron chi connectivity index (χ2n) is 11.2. The van der Waals surface area contributed by atoms with Crippen molar-refractivity contribution in [2.75, 3.05) is 49.6 Å². The number of hydrogen-bond donors (Lipinski definition) is 1. The van der Waals surface area contributed by atoms with Crippen LogP contribution in [0.25, 0.3) is 0 Å². The third kappa shape index (κ3) is 5.24. The molecule has 4 heterocycles. The van der Waals surface area contributed by atoms with E-state index in [1.807, 2.05) is 32.9 Å². The van der Waals surface area contributed by atoms with Gasteiger partial charge in [-0.25, -0.2) is 14.8 Å². The van der Waals surface area contributed by atoms with Crippen LogP contribution in [0, 0.1) is 16.7 Å². The SMILES string of the molecule is CC(C)(C)OC(=O)N1CCC(c2ccc(Nc3nc(N4CCC5(COC5)C4)cnc3C#N)cc2)CC1. The predicted octanol–water partition coefficient (Wildman–Crippen LogP) is 4.43. The van der Waals surface area contributed by atoms with Gasteiger partial charge in [0.15, 0.2) is 11.5 Å². The monoisotopic (exact) mass is 490 g/mol. The van der Waals surface area contributed by atoms with Crippen LogP contribution in [0.2, 0.25) is 0 Å². The molecule has 0 radical (unpaired) electrons. The summed E-state index contributed by atoms with van der Waals surface area (Å²) < 4.78 is 10.9. The van der Waals surface area contributed by atoms with Gasteiger partial charge in [0.05, 0.1) is 19.4 Å². The second kappa shape index (κ2) is 9.58. The van der Waals surface area contributed by atoms with Crippen LogP contribution in [0.5, 0.6) is 0 Å². The normalized spacial score (nSPS) is 19.6. The molecule has 36 heavy (non-hydrogen) atoms. The smallest absolute Gasteiger partial charge is 0.410 e. The molecular weight excluding hydrogens is 456 g/mol. The molecule has 3 saturated heterocycles. The first-order chi connectivity index (χ1) is 17.2. The average Bonchev–Trinajstić information content (AvgIpc) is 3.30. The highest BCUT2D eigenvalue weighted by Crippen LogP contribution is 2.39. The Kier molecular flexibility index (Phi) is 6.47. The lowest BCUT2D eigenvalue weighted by Crippen LogP contribution is -2.44. The Morgan fingerprint density at radius 3 is 2.50 bits per heavy atom. The van der Waals surface area contributed by atoms with Gasteiger partial charge in [-0.2, -0.15) is 5.26 Å². The molecular formula is C27H34N6O3. The maximum atomic E-state index is 12.3. The number of nitrogens with one attached hydrogen (secondary N) is 1. The molecule has 3 aliphatic rings. The third-order valence-electron chi connectivity index (χ3n) is 7.24. The topological polar surface area (TPSA) is 104 Å². The number of hydrogen-bond acceptors (Lipinski definition) is 8. The van der Waals surface area contributed by atoms with Crippen molar-refractivity contribution in [2.45, 2.75) is 51.6 Å². The van der Waals surface area contributed by atoms with Crippen molar-refractivity contribution in [1.29, 1.82) is 5.26 Å². The fraction of sp³-hybridized carbons (Fsp3) is 0.556. The van der Waals surface area contributed by atoms with Crippen molar-refractivity contribution in [3.05, 3.63) is 41.7 Å². The fourth-order valence-corrected chi connectivity index (χ4v) is 5.16. The summed E-state index contributed by atoms with van der Waals surface area (Å²) >= 11 is 0. The summed E-state index contributed by atoms with van der Waals surface area (Å²) in [5.41, 5.74) is 2.15. The van der Waals surface area contributed by atoms with Crippen molar-refractivity contribution in [1.82, 2.24) is 14.9 Å². The number of benzene rings is 1. The maximum Gasteiger partial charge on any atom is 0.410 e. The van der Waals surface area contributed by atoms with Gasteiger partial charge in [-0.05, 0) is 63.6 Å². The Morgan fingerprint density at radius 2 is 1.92 bits per heavy atom. The number of rotatable bonds is 4. The molecule has 0 bridgehead atoms. The van der Waals surface area contributed by atoms with Crippen molar-refractivity contribution in [2.24, 2.45) is 5.41 Å². The zero-order chi connectivity index (χ0) is 25.3. The summed E-state index contributed by atoms with van der Waals surface area (Å²) in [6.45, 7) is 10.5. The van der Waals surface area contributed by atoms with Gasteiger partial charge in [-0.1, -0.05) is 12.1 Å². The lowest BCUT2D eigenvalue weighted by Gasteiger charge is -2.37. The Morgan fingerprint density at radius 1 is 1.19 bits per heavy atom. The summed E-state index contributed by atoms with van der Waals surface area (Å²) in [6.07, 6.45) is 4.35. The van der Waals surface area contributed by atoms with Gasteiger partial charge in [0.2, 0.25) is 0 Å². The molecule has 1 aromatic carbocycles. The highest BCUT2D eigenvalue weighted by molar-refractivity contribution is 5.68. The number of amides is 1. The number of carbonyl (C=O) groups excluding carboxylic acids is 1. The van der Waals surface area contributed by atoms with E-state index in [9.17, 15) is 10.1 Å². The number of anilines is 3. The minimum atomic E-state index is -0.478. The van der Waals surface area contributed by atoms with E-state index < -0.39 is 5.60 Å². The van der Waals surface area contributed by atoms with E-state index in [2.05, 4.69) is 33.4 Å². The Hall–Kier alpha value is -3.38. The first kappa shape index (κ1) is 24.3. The largest absolute Gasteiger partial charge is 0.444 e. The van der Waals surface area contributed by atoms with Crippen LogP contribution in [0.15, 0.2) is 30.5 Å². The second-order valence-corrected chi connectivity index (χ2v) is 11.2. The van der Waals surface area contributed by atoms with Gasteiger partial charge in [0.25, 0.3) is 0 Å². The predicted molar refractivity (Wildman–Crippen MR) is 136 cm³/mol. The summed E-state index contributed by atoms with van der Waals surface area (Å²) in [4.78, 5) is 25.5. The average molecular weight is 491 g/mol. The molecule has 3 fully saturated rings. The number of likely N-dealkylation sites (tertiary alicyclic amines) is 1. The van der Waals surface area contributed by atoms with Crippen LogP contribution in [-0.4, -0.2) is 66.0 Å². The van der Waals surface area contributed by atoms with Gasteiger partial charge in [0, 0.05) is 37.3 Å². The maximum absolute atomic E-state index is 12.3. The zero-order valence-corrected chi connectivity index (χ0v) is 21.3. The zero-order valence-electron chi connectivity index (χ0n) is 21.3. The lowest BCUT2D eigenvalue weighted by atomic mass is 9.85. The van der Waals surface area contributed by atoms with Crippen molar-refractivity contribution in [3.63, 3.8) is 0 Å². The van der Waals surface area contributed by atoms with E-state index in [1.165, 1.54) is 5.56 Å². The van der Waals surface area contributed by atoms with Gasteiger partial charge < -0.3 is 24.6 Å². The van der Waals surface area contributed by atoms with Gasteiger partial charge in [0.1, 0.15) is 17.5 Å². The van der Waals surface area contributed by atoms with Gasteiger partial charge >= 0.3 is 6.09 Å². The number of piperidine rings is 1. The number of ether oxygens (including phenoxy) is 2. The summed E-state index contributed by atoms with van der Waals surface area (Å²) in [7, 11) is 0. The Labute approximate surface area is 212 Å². The van der Waals surface area contributed by atoms with E-state index in [4.69, 9.17) is 14.5 Å². The highest BCUT2D eigenvalue weighted by Gasteiger charge is 2.44. The third-order valence-corrected chi connectivity index (χ3v) is 7.24. The number of nitriles is 1. The highest BCUT2D eigenvalue weighted by atomic mass is 16.6. The van der Waals surface area contributed by atoms with E-state index in [0.717, 1.165) is 57.1 Å². The number of aromatic nitrogens is 2. The number of nitrogens with zero attached hydrogens (tertiary/aromatic N) is 5. The fourth-order valence-electron chi connectivity index (χ4n) is 5.16. The molecule has 190 valence electrons. The molecule has 2 aromatic rings. The first-order valence-electron chi connectivity index (χ1n) is 12.7. The molecule has 5 rings (SSSR count). The molecule has 3 aliphatic heterocycles. The van der Waals surface area contributed by atoms with Gasteiger partial charge in [-0.15, -0.1) is 0 Å². The van der Waals surface area contributed by atoms with Crippen LogP contribution < -0.4 is 10.2 Å². The summed E-state index contributed by atoms with van der Waals surface area (Å²) in [5, 5.41) is 12.9. The van der Waals surface area contributed by atoms with E-state index in [-0.39, 0.29) is 17.2 Å². The first-order valence-corrected chi connectivity index (χ1v) is 12.7. The van der Waals surface area contributed by atoms with Crippen LogP contribution >= 0.6 is 0 Å². The molecule has 9 heteroatoms. The molecule has 1 aromatic heterocycles. The molecule has 0 unspecified atom stereocenters. The molecule has 0 saturated carbocycles. The molecule has 1 spiro atoms. The molecule has 9 nitrogen and oxygen atoms in total. The van der Waals surface area contributed by atoms with Crippen LogP contribution in [0.3, 0.4) is 0 Å². The summed E-state index contributed by atoms with van der Waals surface area (Å²) in [6, 6.07) is 10.4. The molecule has 0 atom stereocenters. The van der Waals surface area contributed by atoms with E-state index in [0.29, 0.717) is 24.8 Å². The van der Waals surface area contributed by atoms with Crippen molar-refractivity contribution < 1.29 is 14.3 Å². The lowest BCUT2D eigenvalue weighted by molar-refractivity contribution is -0.0985. The Balaban J connectivity index is 1.21. The summed E-state index contributed by atoms with van der Waals surface area (Å²) in [5.74, 6) is 1.65. The van der Waals surface area contributed by atoms with Crippen LogP contribution in [0.4, 0.5) is 22.1 Å². The molecule has 0 aliphatic carbocycles. The van der Waals surface area contributed by atoms with E-state index >= 15 is 0 Å². The van der Waals surface area contributed by atoms with Crippen molar-refractivity contribution >= 4 is 23.4 Å². The quantitative estimate of drug-likeness (QED) is 0.671. The molecule has 1 N–H and O–H groups in total. The minimum absolute atomic E-state index is 0.234. The molecule has 1 amide bonds. The van der Waals surface area contributed by atoms with Crippen molar-refractivity contribution in [3.8, 4) is 6.07 Å². The minimum Gasteiger partial charge on any atom is -0.444 e. The Bertz CT molecular complexity index is 1140. The van der Waals surface area contributed by atoms with Crippen LogP contribution in [0.1, 0.15) is 57.2 Å². The standard InChI is InChI=1S/C27H34N6O3/c1-26(2,3)36-25(34)32-11-8-20(9-12-32)19-4-6-21(7-5-19)30-24-22(14-28)29-15-23(31-24)33-13-10-27(16-33)17-35-18-27/h4-7,15,20H,8-13,16-18H2,1-3H3,(H,30,31). The van der Waals surface area contributed by atoms with E-state index in [1.54, 1.807) is 11.1 Å². The van der Waals surface area contributed by atoms with Crippen LogP contribution in [-0.2, 0) is 9.47 Å². The van der Waals surface area contributed by atoms with Gasteiger partial charge in [-0.3, -0.25) is 0 Å². The number of carbonyl (C=O) groups is 1.